The van der Waals surface area contributed by atoms with Gasteiger partial charge in [-0.05, 0) is 23.8 Å². The number of nitriles is 1. The third-order valence-corrected chi connectivity index (χ3v) is 2.06. The Morgan fingerprint density at radius 1 is 1.62 bits per heavy atom. The van der Waals surface area contributed by atoms with Gasteiger partial charge in [-0.1, -0.05) is 0 Å². The summed E-state index contributed by atoms with van der Waals surface area (Å²) in [6.07, 6.45) is 1.36. The molecule has 1 aromatic carbocycles. The Hall–Kier alpha value is -3.35. The van der Waals surface area contributed by atoms with Crippen LogP contribution in [0.15, 0.2) is 28.4 Å². The van der Waals surface area contributed by atoms with Crippen LogP contribution in [0, 0.1) is 21.4 Å². The van der Waals surface area contributed by atoms with E-state index in [0.29, 0.717) is 17.1 Å². The van der Waals surface area contributed by atoms with Gasteiger partial charge in [0.25, 0.3) is 5.96 Å². The summed E-state index contributed by atoms with van der Waals surface area (Å²) in [7, 11) is 1.45. The largest absolute Gasteiger partial charge is 0.493 e. The lowest BCUT2D eigenvalue weighted by Crippen LogP contribution is -2.28. The molecule has 0 aliphatic rings. The van der Waals surface area contributed by atoms with Crippen LogP contribution in [0.5, 0.6) is 11.5 Å². The number of rotatable bonds is 6. The van der Waals surface area contributed by atoms with Gasteiger partial charge in [0.1, 0.15) is 11.2 Å². The topological polar surface area (TPSA) is 148 Å². The zero-order chi connectivity index (χ0) is 15.7. The fourth-order valence-electron chi connectivity index (χ4n) is 1.28. The summed E-state index contributed by atoms with van der Waals surface area (Å²) in [6, 6.07) is 6.72. The maximum Gasteiger partial charge on any atom is 0.286 e. The molecule has 1 aromatic rings. The lowest BCUT2D eigenvalue weighted by molar-refractivity contribution is -0.485. The van der Waals surface area contributed by atoms with Gasteiger partial charge in [-0.15, -0.1) is 0 Å². The van der Waals surface area contributed by atoms with E-state index in [1.165, 1.54) is 13.3 Å². The SMILES string of the molecule is COc1cc(/C=N/N/C(N)=N/[N+](=O)[O-])ccc1OCC#N. The number of nitrogens with one attached hydrogen (secondary N) is 1. The van der Waals surface area contributed by atoms with E-state index in [2.05, 4.69) is 15.6 Å². The summed E-state index contributed by atoms with van der Waals surface area (Å²) < 4.78 is 10.3. The molecule has 0 aliphatic carbocycles. The number of nitro groups is 1. The molecule has 21 heavy (non-hydrogen) atoms. The summed E-state index contributed by atoms with van der Waals surface area (Å²) in [6.45, 7) is -0.0980. The minimum absolute atomic E-state index is 0.0980. The first-order valence-electron chi connectivity index (χ1n) is 5.52. The third kappa shape index (κ3) is 5.43. The zero-order valence-electron chi connectivity index (χ0n) is 11.0. The molecule has 10 heteroatoms. The third-order valence-electron chi connectivity index (χ3n) is 2.06. The van der Waals surface area contributed by atoms with E-state index in [4.69, 9.17) is 20.5 Å². The molecule has 0 spiro atoms. The van der Waals surface area contributed by atoms with Crippen molar-refractivity contribution in [2.24, 2.45) is 15.9 Å². The van der Waals surface area contributed by atoms with Crippen molar-refractivity contribution in [1.29, 1.82) is 5.26 Å². The highest BCUT2D eigenvalue weighted by Gasteiger charge is 2.04. The van der Waals surface area contributed by atoms with E-state index in [0.717, 1.165) is 0 Å². The minimum atomic E-state index is -0.942. The molecule has 0 amide bonds. The molecule has 3 N–H and O–H groups in total. The molecule has 0 aliphatic heterocycles. The second-order valence-corrected chi connectivity index (χ2v) is 3.45. The maximum absolute atomic E-state index is 10.0. The van der Waals surface area contributed by atoms with Crippen LogP contribution in [0.1, 0.15) is 5.56 Å². The molecule has 0 fully saturated rings. The Bertz CT molecular complexity index is 607. The van der Waals surface area contributed by atoms with Crippen molar-refractivity contribution < 1.29 is 14.5 Å². The van der Waals surface area contributed by atoms with Crippen LogP contribution in [0.3, 0.4) is 0 Å². The quantitative estimate of drug-likeness (QED) is 0.325. The van der Waals surface area contributed by atoms with E-state index < -0.39 is 11.0 Å². The first-order valence-corrected chi connectivity index (χ1v) is 5.52. The summed E-state index contributed by atoms with van der Waals surface area (Å²) in [4.78, 5) is 10.0. The van der Waals surface area contributed by atoms with E-state index in [-0.39, 0.29) is 6.61 Å². The Labute approximate surface area is 119 Å². The monoisotopic (exact) mass is 292 g/mol. The highest BCUT2D eigenvalue weighted by atomic mass is 16.7. The Balaban J connectivity index is 2.76. The van der Waals surface area contributed by atoms with Crippen molar-refractivity contribution in [3.05, 3.63) is 33.9 Å². The number of nitrogens with two attached hydrogens (primary N) is 1. The predicted molar refractivity (Wildman–Crippen MR) is 73.4 cm³/mol. The summed E-state index contributed by atoms with van der Waals surface area (Å²) >= 11 is 0. The second-order valence-electron chi connectivity index (χ2n) is 3.45. The average molecular weight is 292 g/mol. The van der Waals surface area contributed by atoms with Crippen LogP contribution < -0.4 is 20.6 Å². The molecule has 0 aromatic heterocycles. The van der Waals surface area contributed by atoms with Crippen molar-refractivity contribution in [2.45, 2.75) is 0 Å². The molecular weight excluding hydrogens is 280 g/mol. The number of hydrogen-bond donors (Lipinski definition) is 2. The molecule has 0 bridgehead atoms. The molecular formula is C11H12N6O4. The van der Waals surface area contributed by atoms with Crippen LogP contribution in [-0.4, -0.2) is 30.9 Å². The molecule has 1 rings (SSSR count). The summed E-state index contributed by atoms with van der Waals surface area (Å²) in [5.74, 6) is 0.386. The van der Waals surface area contributed by atoms with Crippen molar-refractivity contribution >= 4 is 12.2 Å². The lowest BCUT2D eigenvalue weighted by Gasteiger charge is -2.08. The molecule has 0 unspecified atom stereocenters. The second kappa shape index (κ2) is 7.95. The van der Waals surface area contributed by atoms with Gasteiger partial charge >= 0.3 is 0 Å². The Kier molecular flexibility index (Phi) is 5.95. The van der Waals surface area contributed by atoms with Crippen LogP contribution in [0.4, 0.5) is 0 Å². The summed E-state index contributed by atoms with van der Waals surface area (Å²) in [5, 5.41) is 24.0. The molecule has 0 saturated carbocycles. The minimum Gasteiger partial charge on any atom is -0.493 e. The maximum atomic E-state index is 10.0. The first kappa shape index (κ1) is 15.7. The van der Waals surface area contributed by atoms with E-state index >= 15 is 0 Å². The fourth-order valence-corrected chi connectivity index (χ4v) is 1.28. The highest BCUT2D eigenvalue weighted by molar-refractivity contribution is 5.83. The van der Waals surface area contributed by atoms with Gasteiger partial charge in [0, 0.05) is 0 Å². The number of ether oxygens (including phenoxy) is 2. The molecule has 10 nitrogen and oxygen atoms in total. The van der Waals surface area contributed by atoms with E-state index in [1.807, 2.05) is 6.07 Å². The Morgan fingerprint density at radius 3 is 3.00 bits per heavy atom. The normalized spacial score (nSPS) is 11.0. The smallest absolute Gasteiger partial charge is 0.286 e. The Morgan fingerprint density at radius 2 is 2.38 bits per heavy atom. The average Bonchev–Trinajstić information content (AvgIpc) is 2.44. The first-order chi connectivity index (χ1) is 10.1. The van der Waals surface area contributed by atoms with Gasteiger partial charge in [-0.25, -0.2) is 15.5 Å². The molecule has 110 valence electrons. The predicted octanol–water partition coefficient (Wildman–Crippen LogP) is 0.0275. The van der Waals surface area contributed by atoms with Crippen LogP contribution in [-0.2, 0) is 0 Å². The number of benzene rings is 1. The van der Waals surface area contributed by atoms with Gasteiger partial charge < -0.3 is 15.2 Å². The molecule has 0 saturated heterocycles. The molecule has 0 atom stereocenters. The van der Waals surface area contributed by atoms with Gasteiger partial charge in [-0.3, -0.25) is 0 Å². The van der Waals surface area contributed by atoms with Crippen molar-refractivity contribution in [1.82, 2.24) is 5.43 Å². The number of nitrogens with zero attached hydrogens (tertiary/aromatic N) is 4. The van der Waals surface area contributed by atoms with E-state index in [9.17, 15) is 10.1 Å². The molecule has 0 radical (unpaired) electrons. The van der Waals surface area contributed by atoms with Gasteiger partial charge in [-0.2, -0.15) is 10.4 Å². The number of hydrogen-bond acceptors (Lipinski definition) is 6. The van der Waals surface area contributed by atoms with Gasteiger partial charge in [0.05, 0.1) is 13.3 Å². The van der Waals surface area contributed by atoms with Crippen molar-refractivity contribution in [3.8, 4) is 17.6 Å². The van der Waals surface area contributed by atoms with Crippen molar-refractivity contribution in [2.75, 3.05) is 13.7 Å². The molecule has 0 heterocycles. The van der Waals surface area contributed by atoms with Gasteiger partial charge in [0.2, 0.25) is 0 Å². The number of hydrazone groups is 2. The lowest BCUT2D eigenvalue weighted by atomic mass is 10.2. The summed E-state index contributed by atoms with van der Waals surface area (Å²) in [5.41, 5.74) is 7.99. The standard InChI is InChI=1S/C11H12N6O4/c1-20-10-6-8(2-3-9(10)21-5-4-12)7-14-15-11(13)16-17(18)19/h2-3,6-7H,5H2,1H3,(H3,13,15,16)/b14-7+. The van der Waals surface area contributed by atoms with Crippen LogP contribution in [0.25, 0.3) is 0 Å². The van der Waals surface area contributed by atoms with Gasteiger partial charge in [0.15, 0.2) is 23.1 Å². The highest BCUT2D eigenvalue weighted by Crippen LogP contribution is 2.27. The van der Waals surface area contributed by atoms with E-state index in [1.54, 1.807) is 18.2 Å². The number of guanidine groups is 1. The van der Waals surface area contributed by atoms with Crippen molar-refractivity contribution in [3.63, 3.8) is 0 Å². The van der Waals surface area contributed by atoms with Crippen LogP contribution >= 0.6 is 0 Å². The fraction of sp³-hybridized carbons (Fsp3) is 0.182. The number of methoxy groups -OCH3 is 1. The van der Waals surface area contributed by atoms with Crippen LogP contribution in [0.2, 0.25) is 0 Å². The zero-order valence-corrected chi connectivity index (χ0v) is 11.0.